The maximum absolute atomic E-state index is 13.0. The molecule has 1 fully saturated rings. The summed E-state index contributed by atoms with van der Waals surface area (Å²) in [5.41, 5.74) is 0.752. The standard InChI is InChI=1S/C15H19FN2O4/c16-11-5-3-10(4-6-11)14(12-2-1-9-22-12)18-15(21)17-8-7-13(19)20/h3-6,12,14H,1-2,7-9H2,(H,19,20)(H2,17,18,21). The molecule has 120 valence electrons. The van der Waals surface area contributed by atoms with Crippen molar-refractivity contribution in [3.63, 3.8) is 0 Å². The zero-order chi connectivity index (χ0) is 15.9. The van der Waals surface area contributed by atoms with Gasteiger partial charge in [0.05, 0.1) is 18.6 Å². The van der Waals surface area contributed by atoms with Gasteiger partial charge in [-0.2, -0.15) is 0 Å². The fraction of sp³-hybridized carbons (Fsp3) is 0.467. The number of carboxylic acids is 1. The van der Waals surface area contributed by atoms with Crippen molar-refractivity contribution in [3.8, 4) is 0 Å². The van der Waals surface area contributed by atoms with E-state index in [4.69, 9.17) is 9.84 Å². The average Bonchev–Trinajstić information content (AvgIpc) is 2.99. The minimum absolute atomic E-state index is 0.0445. The van der Waals surface area contributed by atoms with E-state index in [0.29, 0.717) is 6.61 Å². The Kier molecular flexibility index (Phi) is 5.71. The van der Waals surface area contributed by atoms with Gasteiger partial charge in [-0.3, -0.25) is 4.79 Å². The van der Waals surface area contributed by atoms with Crippen LogP contribution in [0.5, 0.6) is 0 Å². The minimum atomic E-state index is -0.977. The molecular formula is C15H19FN2O4. The monoisotopic (exact) mass is 310 g/mol. The Balaban J connectivity index is 2.00. The molecule has 2 atom stereocenters. The van der Waals surface area contributed by atoms with Crippen molar-refractivity contribution < 1.29 is 23.8 Å². The number of hydrogen-bond acceptors (Lipinski definition) is 3. The summed E-state index contributed by atoms with van der Waals surface area (Å²) in [4.78, 5) is 22.3. The maximum atomic E-state index is 13.0. The van der Waals surface area contributed by atoms with Crippen LogP contribution in [-0.2, 0) is 9.53 Å². The van der Waals surface area contributed by atoms with E-state index >= 15 is 0 Å². The fourth-order valence-electron chi connectivity index (χ4n) is 2.40. The summed E-state index contributed by atoms with van der Waals surface area (Å²) in [6.07, 6.45) is 1.40. The molecule has 1 heterocycles. The van der Waals surface area contributed by atoms with Crippen molar-refractivity contribution >= 4 is 12.0 Å². The second kappa shape index (κ2) is 7.74. The van der Waals surface area contributed by atoms with Crippen LogP contribution in [0.15, 0.2) is 24.3 Å². The van der Waals surface area contributed by atoms with Gasteiger partial charge < -0.3 is 20.5 Å². The molecule has 3 N–H and O–H groups in total. The maximum Gasteiger partial charge on any atom is 0.315 e. The topological polar surface area (TPSA) is 87.7 Å². The minimum Gasteiger partial charge on any atom is -0.481 e. The second-order valence-electron chi connectivity index (χ2n) is 5.12. The van der Waals surface area contributed by atoms with Gasteiger partial charge in [0.25, 0.3) is 0 Å². The van der Waals surface area contributed by atoms with Crippen LogP contribution >= 0.6 is 0 Å². The summed E-state index contributed by atoms with van der Waals surface area (Å²) in [5, 5.41) is 13.8. The van der Waals surface area contributed by atoms with Crippen LogP contribution in [0.4, 0.5) is 9.18 Å². The third-order valence-corrected chi connectivity index (χ3v) is 3.48. The normalized spacial score (nSPS) is 18.7. The highest BCUT2D eigenvalue weighted by molar-refractivity contribution is 5.75. The van der Waals surface area contributed by atoms with E-state index in [1.54, 1.807) is 12.1 Å². The zero-order valence-electron chi connectivity index (χ0n) is 12.0. The molecule has 6 nitrogen and oxygen atoms in total. The lowest BCUT2D eigenvalue weighted by molar-refractivity contribution is -0.136. The Hall–Kier alpha value is -2.15. The summed E-state index contributed by atoms with van der Waals surface area (Å²) < 4.78 is 18.7. The van der Waals surface area contributed by atoms with Crippen molar-refractivity contribution in [1.82, 2.24) is 10.6 Å². The Morgan fingerprint density at radius 3 is 2.68 bits per heavy atom. The first-order valence-corrected chi connectivity index (χ1v) is 7.19. The van der Waals surface area contributed by atoms with Crippen molar-refractivity contribution in [2.24, 2.45) is 0 Å². The van der Waals surface area contributed by atoms with E-state index in [2.05, 4.69) is 10.6 Å². The molecule has 1 aliphatic rings. The molecule has 2 rings (SSSR count). The van der Waals surface area contributed by atoms with Crippen LogP contribution in [0.3, 0.4) is 0 Å². The summed E-state index contributed by atoms with van der Waals surface area (Å²) in [6, 6.07) is 5.03. The Morgan fingerprint density at radius 1 is 1.36 bits per heavy atom. The molecule has 0 aromatic heterocycles. The molecule has 1 aliphatic heterocycles. The molecule has 2 unspecified atom stereocenters. The van der Waals surface area contributed by atoms with E-state index in [0.717, 1.165) is 18.4 Å². The predicted octanol–water partition coefficient (Wildman–Crippen LogP) is 1.82. The largest absolute Gasteiger partial charge is 0.481 e. The molecule has 0 bridgehead atoms. The molecule has 0 radical (unpaired) electrons. The van der Waals surface area contributed by atoms with Crippen molar-refractivity contribution in [2.75, 3.05) is 13.2 Å². The first-order chi connectivity index (χ1) is 10.6. The Bertz CT molecular complexity index is 515. The van der Waals surface area contributed by atoms with Crippen molar-refractivity contribution in [3.05, 3.63) is 35.6 Å². The van der Waals surface area contributed by atoms with Gasteiger partial charge in [0.2, 0.25) is 0 Å². The molecule has 0 aliphatic carbocycles. The number of rotatable bonds is 6. The molecule has 1 saturated heterocycles. The van der Waals surface area contributed by atoms with Crippen LogP contribution in [0.1, 0.15) is 30.9 Å². The van der Waals surface area contributed by atoms with Crippen LogP contribution in [0, 0.1) is 5.82 Å². The number of carboxylic acid groups (broad SMARTS) is 1. The lowest BCUT2D eigenvalue weighted by Crippen LogP contribution is -2.42. The number of halogens is 1. The first kappa shape index (κ1) is 16.2. The molecule has 2 amide bonds. The predicted molar refractivity (Wildman–Crippen MR) is 76.9 cm³/mol. The molecular weight excluding hydrogens is 291 g/mol. The van der Waals surface area contributed by atoms with Gasteiger partial charge in [0.1, 0.15) is 5.82 Å². The average molecular weight is 310 g/mol. The van der Waals surface area contributed by atoms with E-state index in [-0.39, 0.29) is 24.9 Å². The second-order valence-corrected chi connectivity index (χ2v) is 5.12. The third-order valence-electron chi connectivity index (χ3n) is 3.48. The summed E-state index contributed by atoms with van der Waals surface area (Å²) >= 11 is 0. The number of hydrogen-bond donors (Lipinski definition) is 3. The van der Waals surface area contributed by atoms with Crippen molar-refractivity contribution in [2.45, 2.75) is 31.4 Å². The van der Waals surface area contributed by atoms with Gasteiger partial charge in [-0.05, 0) is 30.5 Å². The molecule has 1 aromatic carbocycles. The van der Waals surface area contributed by atoms with Gasteiger partial charge >= 0.3 is 12.0 Å². The number of amides is 2. The number of aliphatic carboxylic acids is 1. The van der Waals surface area contributed by atoms with E-state index in [1.165, 1.54) is 12.1 Å². The number of urea groups is 1. The number of carbonyl (C=O) groups excluding carboxylic acids is 1. The summed E-state index contributed by atoms with van der Waals surface area (Å²) in [5.74, 6) is -1.32. The number of benzene rings is 1. The summed E-state index contributed by atoms with van der Waals surface area (Å²) in [6.45, 7) is 0.674. The van der Waals surface area contributed by atoms with Crippen LogP contribution in [-0.4, -0.2) is 36.4 Å². The van der Waals surface area contributed by atoms with Crippen molar-refractivity contribution in [1.29, 1.82) is 0 Å². The van der Waals surface area contributed by atoms with E-state index in [9.17, 15) is 14.0 Å². The third kappa shape index (κ3) is 4.70. The van der Waals surface area contributed by atoms with Gasteiger partial charge in [0.15, 0.2) is 0 Å². The Morgan fingerprint density at radius 2 is 2.09 bits per heavy atom. The van der Waals surface area contributed by atoms with Gasteiger partial charge in [0, 0.05) is 13.2 Å². The Labute approximate surface area is 127 Å². The van der Waals surface area contributed by atoms with Gasteiger partial charge in [-0.15, -0.1) is 0 Å². The molecule has 1 aromatic rings. The summed E-state index contributed by atoms with van der Waals surface area (Å²) in [7, 11) is 0. The van der Waals surface area contributed by atoms with Gasteiger partial charge in [-0.1, -0.05) is 12.1 Å². The van der Waals surface area contributed by atoms with Gasteiger partial charge in [-0.25, -0.2) is 9.18 Å². The van der Waals surface area contributed by atoms with E-state index < -0.39 is 18.0 Å². The first-order valence-electron chi connectivity index (χ1n) is 7.19. The molecule has 0 saturated carbocycles. The molecule has 7 heteroatoms. The van der Waals surface area contributed by atoms with Crippen LogP contribution in [0.25, 0.3) is 0 Å². The highest BCUT2D eigenvalue weighted by Gasteiger charge is 2.28. The highest BCUT2D eigenvalue weighted by atomic mass is 19.1. The highest BCUT2D eigenvalue weighted by Crippen LogP contribution is 2.27. The van der Waals surface area contributed by atoms with Crippen LogP contribution < -0.4 is 10.6 Å². The lowest BCUT2D eigenvalue weighted by atomic mass is 9.99. The SMILES string of the molecule is O=C(O)CCNC(=O)NC(c1ccc(F)cc1)C1CCCO1. The molecule has 0 spiro atoms. The fourth-order valence-corrected chi connectivity index (χ4v) is 2.40. The smallest absolute Gasteiger partial charge is 0.315 e. The number of nitrogens with one attached hydrogen (secondary N) is 2. The number of carbonyl (C=O) groups is 2. The molecule has 22 heavy (non-hydrogen) atoms. The van der Waals surface area contributed by atoms with Crippen LogP contribution in [0.2, 0.25) is 0 Å². The number of ether oxygens (including phenoxy) is 1. The van der Waals surface area contributed by atoms with E-state index in [1.807, 2.05) is 0 Å². The quantitative estimate of drug-likeness (QED) is 0.748. The lowest BCUT2D eigenvalue weighted by Gasteiger charge is -2.24. The zero-order valence-corrected chi connectivity index (χ0v) is 12.0.